The Kier molecular flexibility index (Phi) is 4.18. The summed E-state index contributed by atoms with van der Waals surface area (Å²) in [6.45, 7) is 0.307. The van der Waals surface area contributed by atoms with Gasteiger partial charge in [0.1, 0.15) is 0 Å². The molecule has 0 saturated heterocycles. The molecule has 0 N–H and O–H groups in total. The lowest BCUT2D eigenvalue weighted by molar-refractivity contribution is 0.229. The van der Waals surface area contributed by atoms with Crippen molar-refractivity contribution in [1.29, 1.82) is 5.26 Å². The number of hydrogen-bond acceptors (Lipinski definition) is 2. The van der Waals surface area contributed by atoms with Crippen LogP contribution in [0.5, 0.6) is 0 Å². The van der Waals surface area contributed by atoms with Gasteiger partial charge in [-0.3, -0.25) is 0 Å². The van der Waals surface area contributed by atoms with Gasteiger partial charge in [-0.05, 0) is 17.7 Å². The minimum Gasteiger partial charge on any atom is -0.379 e. The number of nitrogens with zero attached hydrogens (tertiary/aromatic N) is 1. The molecule has 0 fully saturated rings. The van der Waals surface area contributed by atoms with Gasteiger partial charge in [0.2, 0.25) is 0 Å². The molecule has 0 saturated carbocycles. The number of ether oxygens (including phenoxy) is 1. The monoisotopic (exact) mass is 207 g/mol. The molecule has 1 aromatic rings. The molecule has 14 heavy (non-hydrogen) atoms. The smallest absolute Gasteiger partial charge is 0.0971 e. The standard InChI is InChI=1S/C11H10ClNO/c1-14-8-9(7-13)6-10-4-2-3-5-11(10)12/h2-6H,8H2,1H3/b9-6-. The van der Waals surface area contributed by atoms with E-state index >= 15 is 0 Å². The highest BCUT2D eigenvalue weighted by atomic mass is 35.5. The van der Waals surface area contributed by atoms with Crippen molar-refractivity contribution in [2.75, 3.05) is 13.7 Å². The van der Waals surface area contributed by atoms with E-state index in [9.17, 15) is 0 Å². The van der Waals surface area contributed by atoms with Crippen molar-refractivity contribution in [3.8, 4) is 6.07 Å². The van der Waals surface area contributed by atoms with Gasteiger partial charge in [0.15, 0.2) is 0 Å². The van der Waals surface area contributed by atoms with Crippen molar-refractivity contribution in [3.05, 3.63) is 40.4 Å². The second kappa shape index (κ2) is 5.43. The molecule has 0 amide bonds. The van der Waals surface area contributed by atoms with Gasteiger partial charge < -0.3 is 4.74 Å². The Hall–Kier alpha value is -1.30. The van der Waals surface area contributed by atoms with Crippen LogP contribution in [0.3, 0.4) is 0 Å². The zero-order valence-electron chi connectivity index (χ0n) is 7.83. The second-order valence-electron chi connectivity index (χ2n) is 2.74. The quantitative estimate of drug-likeness (QED) is 0.714. The molecule has 0 bridgehead atoms. The molecule has 0 aromatic heterocycles. The lowest BCUT2D eigenvalue weighted by atomic mass is 10.1. The predicted octanol–water partition coefficient (Wildman–Crippen LogP) is 2.89. The molecular formula is C11H10ClNO. The van der Waals surface area contributed by atoms with E-state index in [2.05, 4.69) is 6.07 Å². The SMILES string of the molecule is COC/C(C#N)=C\c1ccccc1Cl. The fraction of sp³-hybridized carbons (Fsp3) is 0.182. The van der Waals surface area contributed by atoms with Crippen molar-refractivity contribution in [1.82, 2.24) is 0 Å². The third kappa shape index (κ3) is 2.88. The highest BCUT2D eigenvalue weighted by Gasteiger charge is 1.98. The Labute approximate surface area is 88.4 Å². The van der Waals surface area contributed by atoms with Crippen molar-refractivity contribution < 1.29 is 4.74 Å². The van der Waals surface area contributed by atoms with Gasteiger partial charge in [-0.15, -0.1) is 0 Å². The first-order valence-corrected chi connectivity index (χ1v) is 4.50. The average molecular weight is 208 g/mol. The summed E-state index contributed by atoms with van der Waals surface area (Å²) in [7, 11) is 1.55. The highest BCUT2D eigenvalue weighted by molar-refractivity contribution is 6.32. The topological polar surface area (TPSA) is 33.0 Å². The Morgan fingerprint density at radius 3 is 2.86 bits per heavy atom. The van der Waals surface area contributed by atoms with Crippen LogP contribution in [0.1, 0.15) is 5.56 Å². The number of halogens is 1. The molecule has 0 spiro atoms. The van der Waals surface area contributed by atoms with E-state index < -0.39 is 0 Å². The van der Waals surface area contributed by atoms with Gasteiger partial charge >= 0.3 is 0 Å². The second-order valence-corrected chi connectivity index (χ2v) is 3.14. The Morgan fingerprint density at radius 1 is 1.57 bits per heavy atom. The van der Waals surface area contributed by atoms with Gasteiger partial charge in [0.05, 0.1) is 18.2 Å². The van der Waals surface area contributed by atoms with Crippen LogP contribution in [0.2, 0.25) is 5.02 Å². The van der Waals surface area contributed by atoms with Crippen LogP contribution in [-0.2, 0) is 4.74 Å². The first-order chi connectivity index (χ1) is 6.77. The van der Waals surface area contributed by atoms with E-state index in [1.165, 1.54) is 0 Å². The molecule has 1 aromatic carbocycles. The van der Waals surface area contributed by atoms with Crippen LogP contribution < -0.4 is 0 Å². The fourth-order valence-corrected chi connectivity index (χ4v) is 1.23. The maximum Gasteiger partial charge on any atom is 0.0971 e. The van der Waals surface area contributed by atoms with Crippen molar-refractivity contribution >= 4 is 17.7 Å². The third-order valence-corrected chi connectivity index (χ3v) is 2.02. The fourth-order valence-electron chi connectivity index (χ4n) is 1.04. The molecule has 0 aliphatic rings. The van der Waals surface area contributed by atoms with Crippen LogP contribution >= 0.6 is 11.6 Å². The molecule has 1 rings (SSSR count). The van der Waals surface area contributed by atoms with Crippen LogP contribution in [0.4, 0.5) is 0 Å². The maximum atomic E-state index is 8.77. The number of nitriles is 1. The Morgan fingerprint density at radius 2 is 2.29 bits per heavy atom. The molecule has 0 radical (unpaired) electrons. The minimum absolute atomic E-state index is 0.307. The van der Waals surface area contributed by atoms with Crippen LogP contribution in [-0.4, -0.2) is 13.7 Å². The molecule has 0 aliphatic carbocycles. The van der Waals surface area contributed by atoms with E-state index in [0.717, 1.165) is 5.56 Å². The predicted molar refractivity (Wildman–Crippen MR) is 56.9 cm³/mol. The maximum absolute atomic E-state index is 8.77. The number of methoxy groups -OCH3 is 1. The lowest BCUT2D eigenvalue weighted by Crippen LogP contribution is -1.91. The van der Waals surface area contributed by atoms with Crippen molar-refractivity contribution in [2.45, 2.75) is 0 Å². The summed E-state index contributed by atoms with van der Waals surface area (Å²) in [6, 6.07) is 9.42. The average Bonchev–Trinajstić information content (AvgIpc) is 2.20. The summed E-state index contributed by atoms with van der Waals surface area (Å²) < 4.78 is 4.87. The van der Waals surface area contributed by atoms with E-state index in [1.54, 1.807) is 19.3 Å². The van der Waals surface area contributed by atoms with Crippen molar-refractivity contribution in [3.63, 3.8) is 0 Å². The van der Waals surface area contributed by atoms with Gasteiger partial charge in [-0.25, -0.2) is 0 Å². The summed E-state index contributed by atoms with van der Waals surface area (Å²) in [5.41, 5.74) is 1.39. The zero-order valence-corrected chi connectivity index (χ0v) is 8.58. The van der Waals surface area contributed by atoms with E-state index in [0.29, 0.717) is 17.2 Å². The van der Waals surface area contributed by atoms with Crippen LogP contribution in [0.25, 0.3) is 6.08 Å². The highest BCUT2D eigenvalue weighted by Crippen LogP contribution is 2.17. The first kappa shape index (κ1) is 10.8. The van der Waals surface area contributed by atoms with Crippen LogP contribution in [0.15, 0.2) is 29.8 Å². The Bertz CT molecular complexity index is 379. The van der Waals surface area contributed by atoms with Crippen molar-refractivity contribution in [2.24, 2.45) is 0 Å². The minimum atomic E-state index is 0.307. The number of rotatable bonds is 3. The number of hydrogen-bond donors (Lipinski definition) is 0. The lowest BCUT2D eigenvalue weighted by Gasteiger charge is -1.99. The van der Waals surface area contributed by atoms with Gasteiger partial charge in [-0.2, -0.15) is 5.26 Å². The summed E-state index contributed by atoms with van der Waals surface area (Å²) in [5, 5.41) is 9.40. The summed E-state index contributed by atoms with van der Waals surface area (Å²) in [6.07, 6.45) is 1.73. The first-order valence-electron chi connectivity index (χ1n) is 4.12. The normalized spacial score (nSPS) is 11.1. The summed E-state index contributed by atoms with van der Waals surface area (Å²) >= 11 is 5.93. The molecule has 0 heterocycles. The molecule has 3 heteroatoms. The Balaban J connectivity index is 2.96. The van der Waals surface area contributed by atoms with Gasteiger partial charge in [-0.1, -0.05) is 29.8 Å². The molecule has 2 nitrogen and oxygen atoms in total. The third-order valence-electron chi connectivity index (χ3n) is 1.68. The zero-order chi connectivity index (χ0) is 10.4. The molecule has 0 aliphatic heterocycles. The molecular weight excluding hydrogens is 198 g/mol. The number of benzene rings is 1. The largest absolute Gasteiger partial charge is 0.379 e. The van der Waals surface area contributed by atoms with Gasteiger partial charge in [0, 0.05) is 12.1 Å². The molecule has 0 unspecified atom stereocenters. The van der Waals surface area contributed by atoms with Gasteiger partial charge in [0.25, 0.3) is 0 Å². The molecule has 72 valence electrons. The summed E-state index contributed by atoms with van der Waals surface area (Å²) in [5.74, 6) is 0. The van der Waals surface area contributed by atoms with E-state index in [1.807, 2.05) is 18.2 Å². The van der Waals surface area contributed by atoms with E-state index in [4.69, 9.17) is 21.6 Å². The summed E-state index contributed by atoms with van der Waals surface area (Å²) in [4.78, 5) is 0. The molecule has 0 atom stereocenters. The van der Waals surface area contributed by atoms with E-state index in [-0.39, 0.29) is 0 Å². The van der Waals surface area contributed by atoms with Crippen LogP contribution in [0, 0.1) is 11.3 Å².